The molecule has 0 spiro atoms. The topological polar surface area (TPSA) is 47.0 Å². The van der Waals surface area contributed by atoms with E-state index in [4.69, 9.17) is 4.74 Å². The molecule has 0 radical (unpaired) electrons. The van der Waals surface area contributed by atoms with Crippen molar-refractivity contribution in [3.8, 4) is 0 Å². The van der Waals surface area contributed by atoms with E-state index >= 15 is 0 Å². The third-order valence-corrected chi connectivity index (χ3v) is 2.00. The summed E-state index contributed by atoms with van der Waals surface area (Å²) < 4.78 is 5.41. The minimum atomic E-state index is 0.755. The smallest absolute Gasteiger partial charge is 0.0768 e. The number of nitrogens with zero attached hydrogens (tertiary/aromatic N) is 2. The van der Waals surface area contributed by atoms with Crippen molar-refractivity contribution < 1.29 is 4.74 Å². The Hall–Kier alpha value is -1.00. The quantitative estimate of drug-likeness (QED) is 0.657. The molecule has 1 N–H and O–H groups in total. The number of rotatable bonds is 8. The van der Waals surface area contributed by atoms with E-state index in [0.29, 0.717) is 0 Å². The zero-order valence-corrected chi connectivity index (χ0v) is 9.28. The summed E-state index contributed by atoms with van der Waals surface area (Å²) in [6.07, 6.45) is 4.01. The normalized spacial score (nSPS) is 10.5. The van der Waals surface area contributed by atoms with Gasteiger partial charge in [-0.1, -0.05) is 13.3 Å². The van der Waals surface area contributed by atoms with Crippen molar-refractivity contribution in [2.45, 2.75) is 26.3 Å². The molecule has 1 aromatic heterocycles. The monoisotopic (exact) mass is 209 g/mol. The molecular weight excluding hydrogens is 190 g/mol. The zero-order chi connectivity index (χ0) is 10.8. The largest absolute Gasteiger partial charge is 0.380 e. The van der Waals surface area contributed by atoms with Crippen LogP contribution in [-0.4, -0.2) is 30.0 Å². The molecule has 0 saturated heterocycles. The molecule has 0 fully saturated rings. The fourth-order valence-corrected chi connectivity index (χ4v) is 1.14. The molecule has 0 aromatic carbocycles. The van der Waals surface area contributed by atoms with Gasteiger partial charge in [-0.05, 0) is 18.6 Å². The number of hydrogen-bond donors (Lipinski definition) is 1. The maximum Gasteiger partial charge on any atom is 0.0768 e. The van der Waals surface area contributed by atoms with Crippen molar-refractivity contribution in [1.82, 2.24) is 15.5 Å². The lowest BCUT2D eigenvalue weighted by Crippen LogP contribution is -2.20. The highest BCUT2D eigenvalue weighted by Gasteiger charge is 1.92. The molecule has 0 atom stereocenters. The highest BCUT2D eigenvalue weighted by atomic mass is 16.5. The van der Waals surface area contributed by atoms with Gasteiger partial charge in [0, 0.05) is 25.9 Å². The molecule has 0 aliphatic carbocycles. The first-order chi connectivity index (χ1) is 7.43. The summed E-state index contributed by atoms with van der Waals surface area (Å²) in [5, 5.41) is 11.0. The fourth-order valence-electron chi connectivity index (χ4n) is 1.14. The van der Waals surface area contributed by atoms with Crippen molar-refractivity contribution in [1.29, 1.82) is 0 Å². The van der Waals surface area contributed by atoms with Crippen LogP contribution in [0.4, 0.5) is 0 Å². The van der Waals surface area contributed by atoms with E-state index in [1.807, 2.05) is 12.1 Å². The van der Waals surface area contributed by atoms with E-state index in [2.05, 4.69) is 22.4 Å². The van der Waals surface area contributed by atoms with E-state index in [1.54, 1.807) is 6.20 Å². The van der Waals surface area contributed by atoms with Crippen LogP contribution in [0.5, 0.6) is 0 Å². The standard InChI is InChI=1S/C11H19N3O/c1-2-3-8-15-9-7-12-10-11-5-4-6-13-14-11/h4-6,12H,2-3,7-10H2,1H3. The number of ether oxygens (including phenoxy) is 1. The fraction of sp³-hybridized carbons (Fsp3) is 0.636. The average molecular weight is 209 g/mol. The highest BCUT2D eigenvalue weighted by Crippen LogP contribution is 1.89. The molecule has 1 heterocycles. The van der Waals surface area contributed by atoms with Gasteiger partial charge in [0.1, 0.15) is 0 Å². The minimum absolute atomic E-state index is 0.755. The lowest BCUT2D eigenvalue weighted by molar-refractivity contribution is 0.133. The maximum atomic E-state index is 5.41. The second-order valence-electron chi connectivity index (χ2n) is 3.36. The van der Waals surface area contributed by atoms with Gasteiger partial charge in [-0.15, -0.1) is 0 Å². The van der Waals surface area contributed by atoms with Gasteiger partial charge in [-0.2, -0.15) is 10.2 Å². The van der Waals surface area contributed by atoms with Crippen molar-refractivity contribution in [2.75, 3.05) is 19.8 Å². The first-order valence-electron chi connectivity index (χ1n) is 5.48. The van der Waals surface area contributed by atoms with E-state index in [9.17, 15) is 0 Å². The third kappa shape index (κ3) is 6.14. The Balaban J connectivity index is 1.93. The third-order valence-electron chi connectivity index (χ3n) is 2.00. The summed E-state index contributed by atoms with van der Waals surface area (Å²) in [5.41, 5.74) is 0.964. The summed E-state index contributed by atoms with van der Waals surface area (Å²) in [7, 11) is 0. The Bertz CT molecular complexity index is 241. The van der Waals surface area contributed by atoms with Crippen LogP contribution in [0.15, 0.2) is 18.3 Å². The predicted molar refractivity (Wildman–Crippen MR) is 59.5 cm³/mol. The number of nitrogens with one attached hydrogen (secondary N) is 1. The predicted octanol–water partition coefficient (Wildman–Crippen LogP) is 1.38. The Kier molecular flexibility index (Phi) is 6.70. The molecule has 1 rings (SSSR count). The molecule has 0 aliphatic heterocycles. The van der Waals surface area contributed by atoms with Crippen LogP contribution in [0.3, 0.4) is 0 Å². The molecule has 0 aliphatic rings. The van der Waals surface area contributed by atoms with Crippen LogP contribution in [-0.2, 0) is 11.3 Å². The van der Waals surface area contributed by atoms with E-state index < -0.39 is 0 Å². The minimum Gasteiger partial charge on any atom is -0.380 e. The Morgan fingerprint density at radius 2 is 2.33 bits per heavy atom. The summed E-state index contributed by atoms with van der Waals surface area (Å²) in [6, 6.07) is 3.85. The van der Waals surface area contributed by atoms with Crippen LogP contribution in [0.25, 0.3) is 0 Å². The second kappa shape index (κ2) is 8.32. The Labute approximate surface area is 91.1 Å². The van der Waals surface area contributed by atoms with Crippen molar-refractivity contribution in [3.05, 3.63) is 24.0 Å². The molecule has 0 bridgehead atoms. The number of aromatic nitrogens is 2. The highest BCUT2D eigenvalue weighted by molar-refractivity contribution is 4.98. The van der Waals surface area contributed by atoms with Gasteiger partial charge in [-0.3, -0.25) is 0 Å². The van der Waals surface area contributed by atoms with Crippen molar-refractivity contribution >= 4 is 0 Å². The van der Waals surface area contributed by atoms with Crippen LogP contribution < -0.4 is 5.32 Å². The Morgan fingerprint density at radius 3 is 3.07 bits per heavy atom. The maximum absolute atomic E-state index is 5.41. The number of unbranched alkanes of at least 4 members (excludes halogenated alkanes) is 1. The molecule has 0 unspecified atom stereocenters. The summed E-state index contributed by atoms with van der Waals surface area (Å²) in [4.78, 5) is 0. The lowest BCUT2D eigenvalue weighted by atomic mass is 10.4. The van der Waals surface area contributed by atoms with Gasteiger partial charge in [0.15, 0.2) is 0 Å². The second-order valence-corrected chi connectivity index (χ2v) is 3.36. The molecule has 15 heavy (non-hydrogen) atoms. The van der Waals surface area contributed by atoms with E-state index in [-0.39, 0.29) is 0 Å². The molecule has 4 heteroatoms. The first kappa shape index (κ1) is 12.1. The van der Waals surface area contributed by atoms with Gasteiger partial charge in [0.2, 0.25) is 0 Å². The van der Waals surface area contributed by atoms with Crippen molar-refractivity contribution in [2.24, 2.45) is 0 Å². The molecule has 84 valence electrons. The van der Waals surface area contributed by atoms with Crippen LogP contribution in [0.2, 0.25) is 0 Å². The zero-order valence-electron chi connectivity index (χ0n) is 9.28. The molecule has 0 saturated carbocycles. The van der Waals surface area contributed by atoms with Crippen LogP contribution in [0.1, 0.15) is 25.5 Å². The van der Waals surface area contributed by atoms with E-state index in [0.717, 1.165) is 38.4 Å². The van der Waals surface area contributed by atoms with Crippen LogP contribution in [0, 0.1) is 0 Å². The van der Waals surface area contributed by atoms with Gasteiger partial charge in [-0.25, -0.2) is 0 Å². The van der Waals surface area contributed by atoms with Gasteiger partial charge in [0.05, 0.1) is 12.3 Å². The SMILES string of the molecule is CCCCOCCNCc1cccnn1. The summed E-state index contributed by atoms with van der Waals surface area (Å²) in [6.45, 7) is 5.41. The molecule has 0 amide bonds. The van der Waals surface area contributed by atoms with E-state index in [1.165, 1.54) is 6.42 Å². The summed E-state index contributed by atoms with van der Waals surface area (Å²) in [5.74, 6) is 0. The number of hydrogen-bond acceptors (Lipinski definition) is 4. The average Bonchev–Trinajstić information content (AvgIpc) is 2.29. The molecule has 1 aromatic rings. The van der Waals surface area contributed by atoms with Gasteiger partial charge in [0.25, 0.3) is 0 Å². The van der Waals surface area contributed by atoms with Gasteiger partial charge < -0.3 is 10.1 Å². The van der Waals surface area contributed by atoms with Crippen LogP contribution >= 0.6 is 0 Å². The molecular formula is C11H19N3O. The lowest BCUT2D eigenvalue weighted by Gasteiger charge is -2.04. The molecule has 4 nitrogen and oxygen atoms in total. The van der Waals surface area contributed by atoms with Crippen molar-refractivity contribution in [3.63, 3.8) is 0 Å². The Morgan fingerprint density at radius 1 is 1.40 bits per heavy atom. The first-order valence-corrected chi connectivity index (χ1v) is 5.48. The van der Waals surface area contributed by atoms with Gasteiger partial charge >= 0.3 is 0 Å². The summed E-state index contributed by atoms with van der Waals surface area (Å²) >= 11 is 0.